The van der Waals surface area contributed by atoms with Gasteiger partial charge < -0.3 is 15.3 Å². The molecule has 0 saturated heterocycles. The van der Waals surface area contributed by atoms with Crippen LogP contribution in [0.25, 0.3) is 0 Å². The Kier molecular flexibility index (Phi) is 12.2. The van der Waals surface area contributed by atoms with Crippen LogP contribution in [0.15, 0.2) is 0 Å². The van der Waals surface area contributed by atoms with E-state index in [4.69, 9.17) is 5.73 Å². The highest BCUT2D eigenvalue weighted by molar-refractivity contribution is 5.74. The zero-order valence-corrected chi connectivity index (χ0v) is 9.37. The summed E-state index contributed by atoms with van der Waals surface area (Å²) >= 11 is 0. The summed E-state index contributed by atoms with van der Waals surface area (Å²) < 4.78 is 0.633. The molecule has 1 atom stereocenters. The maximum Gasteiger partial charge on any atom is 0.220 e. The fourth-order valence-electron chi connectivity index (χ4n) is 0.929. The number of hydrogen-bond acceptors (Lipinski definition) is 2. The number of primary amides is 1. The minimum atomic E-state index is -0.618. The lowest BCUT2D eigenvalue weighted by Crippen LogP contribution is -2.42. The lowest BCUT2D eigenvalue weighted by Gasteiger charge is -2.26. The van der Waals surface area contributed by atoms with Crippen LogP contribution in [0.2, 0.25) is 0 Å². The summed E-state index contributed by atoms with van der Waals surface area (Å²) in [5.41, 5.74) is 4.91. The lowest BCUT2D eigenvalue weighted by atomic mass is 10.2. The molecule has 0 bridgehead atoms. The van der Waals surface area contributed by atoms with Gasteiger partial charge in [0.1, 0.15) is 12.6 Å². The van der Waals surface area contributed by atoms with Crippen molar-refractivity contribution in [3.63, 3.8) is 0 Å². The number of carbonyl (C=O) groups excluding carboxylic acids is 1. The van der Waals surface area contributed by atoms with Crippen LogP contribution in [-0.2, 0) is 4.79 Å². The molecule has 0 aliphatic heterocycles. The van der Waals surface area contributed by atoms with Crippen molar-refractivity contribution in [2.75, 3.05) is 27.7 Å². The molecule has 0 spiro atoms. The molecule has 88 valence electrons. The van der Waals surface area contributed by atoms with E-state index in [2.05, 4.69) is 0 Å². The maximum atomic E-state index is 10.4. The Morgan fingerprint density at radius 2 is 1.71 bits per heavy atom. The third-order valence-corrected chi connectivity index (χ3v) is 1.20. The number of likely N-dealkylation sites (N-methyl/N-ethyl adjacent to an activating group) is 1. The van der Waals surface area contributed by atoms with Crippen LogP contribution in [0.5, 0.6) is 0 Å². The third kappa shape index (κ3) is 17.5. The normalized spacial score (nSPS) is 11.9. The van der Waals surface area contributed by atoms with E-state index in [9.17, 15) is 9.90 Å². The summed E-state index contributed by atoms with van der Waals surface area (Å²) in [6.45, 7) is 4.54. The summed E-state index contributed by atoms with van der Waals surface area (Å²) in [4.78, 5) is 10.4. The standard InChI is InChI=1S/C7H16N2O2.C2H6.CH4/c1-9(2,3)5-6(10)4-7(8)11;1-2;/h6,10H,4-5H2,1-3H3,(H-,8,11);1-2H3;1H4/p+1. The van der Waals surface area contributed by atoms with Crippen molar-refractivity contribution < 1.29 is 14.4 Å². The van der Waals surface area contributed by atoms with Crippen LogP contribution in [0.1, 0.15) is 27.7 Å². The number of nitrogens with two attached hydrogens (primary N) is 1. The van der Waals surface area contributed by atoms with Crippen LogP contribution >= 0.6 is 0 Å². The number of carbonyl (C=O) groups is 1. The predicted octanol–water partition coefficient (Wildman–Crippen LogP) is 0.591. The van der Waals surface area contributed by atoms with Crippen LogP contribution < -0.4 is 5.73 Å². The molecule has 0 aliphatic rings. The topological polar surface area (TPSA) is 63.3 Å². The van der Waals surface area contributed by atoms with E-state index >= 15 is 0 Å². The lowest BCUT2D eigenvalue weighted by molar-refractivity contribution is -0.873. The number of quaternary nitrogens is 1. The van der Waals surface area contributed by atoms with Gasteiger partial charge in [-0.3, -0.25) is 4.79 Å². The maximum absolute atomic E-state index is 10.4. The number of amides is 1. The number of hydrogen-bond donors (Lipinski definition) is 2. The SMILES string of the molecule is C.CC.C[N+](C)(C)CC(O)CC(N)=O. The molecule has 0 aliphatic carbocycles. The van der Waals surface area contributed by atoms with Crippen molar-refractivity contribution in [3.8, 4) is 0 Å². The van der Waals surface area contributed by atoms with Gasteiger partial charge in [0.05, 0.1) is 27.6 Å². The van der Waals surface area contributed by atoms with E-state index in [0.29, 0.717) is 11.0 Å². The van der Waals surface area contributed by atoms with Gasteiger partial charge in [0.25, 0.3) is 0 Å². The molecule has 1 amide bonds. The Labute approximate surface area is 88.3 Å². The Morgan fingerprint density at radius 1 is 1.36 bits per heavy atom. The zero-order chi connectivity index (χ0) is 11.1. The average Bonchev–Trinajstić information content (AvgIpc) is 1.85. The van der Waals surface area contributed by atoms with Crippen LogP contribution in [0, 0.1) is 0 Å². The minimum Gasteiger partial charge on any atom is -0.387 e. The smallest absolute Gasteiger partial charge is 0.220 e. The molecule has 0 heterocycles. The average molecular weight is 207 g/mol. The van der Waals surface area contributed by atoms with E-state index < -0.39 is 12.0 Å². The molecule has 4 heteroatoms. The fraction of sp³-hybridized carbons (Fsp3) is 0.900. The van der Waals surface area contributed by atoms with E-state index in [-0.39, 0.29) is 13.8 Å². The summed E-state index contributed by atoms with van der Waals surface area (Å²) in [5, 5.41) is 9.24. The Balaban J connectivity index is -0.000000376. The van der Waals surface area contributed by atoms with Crippen molar-refractivity contribution in [1.82, 2.24) is 0 Å². The first kappa shape index (κ1) is 19.0. The first-order valence-electron chi connectivity index (χ1n) is 4.58. The fourth-order valence-corrected chi connectivity index (χ4v) is 0.929. The van der Waals surface area contributed by atoms with Crippen LogP contribution in [0.3, 0.4) is 0 Å². The van der Waals surface area contributed by atoms with E-state index in [0.717, 1.165) is 0 Å². The molecular formula is C10H27N2O2+. The van der Waals surface area contributed by atoms with E-state index in [1.54, 1.807) is 0 Å². The van der Waals surface area contributed by atoms with Crippen molar-refractivity contribution in [3.05, 3.63) is 0 Å². The van der Waals surface area contributed by atoms with Gasteiger partial charge in [-0.25, -0.2) is 0 Å². The molecule has 3 N–H and O–H groups in total. The molecule has 0 radical (unpaired) electrons. The van der Waals surface area contributed by atoms with Gasteiger partial charge in [-0.15, -0.1) is 0 Å². The zero-order valence-electron chi connectivity index (χ0n) is 9.37. The van der Waals surface area contributed by atoms with Crippen LogP contribution in [0.4, 0.5) is 0 Å². The number of aliphatic hydroxyl groups excluding tert-OH is 1. The first-order chi connectivity index (χ1) is 5.81. The van der Waals surface area contributed by atoms with E-state index in [1.807, 2.05) is 35.0 Å². The van der Waals surface area contributed by atoms with Gasteiger partial charge >= 0.3 is 0 Å². The predicted molar refractivity (Wildman–Crippen MR) is 60.8 cm³/mol. The van der Waals surface area contributed by atoms with E-state index in [1.165, 1.54) is 0 Å². The second kappa shape index (κ2) is 8.97. The summed E-state index contributed by atoms with van der Waals surface area (Å²) in [7, 11) is 5.85. The number of aliphatic hydroxyl groups is 1. The Hall–Kier alpha value is -0.610. The van der Waals surface area contributed by atoms with Crippen molar-refractivity contribution in [2.24, 2.45) is 5.73 Å². The molecule has 4 nitrogen and oxygen atoms in total. The summed E-state index contributed by atoms with van der Waals surface area (Å²) in [6.07, 6.45) is -0.567. The Morgan fingerprint density at radius 3 is 1.93 bits per heavy atom. The summed E-state index contributed by atoms with van der Waals surface area (Å²) in [6, 6.07) is 0. The minimum absolute atomic E-state index is 0. The van der Waals surface area contributed by atoms with Gasteiger partial charge in [0.2, 0.25) is 5.91 Å². The van der Waals surface area contributed by atoms with Gasteiger partial charge in [-0.2, -0.15) is 0 Å². The number of nitrogens with zero attached hydrogens (tertiary/aromatic N) is 1. The highest BCUT2D eigenvalue weighted by Gasteiger charge is 2.16. The van der Waals surface area contributed by atoms with Crippen molar-refractivity contribution in [1.29, 1.82) is 0 Å². The Bertz CT molecular complexity index is 142. The second-order valence-electron chi connectivity index (χ2n) is 3.80. The molecule has 0 aromatic heterocycles. The highest BCUT2D eigenvalue weighted by Crippen LogP contribution is 1.97. The molecular weight excluding hydrogens is 180 g/mol. The highest BCUT2D eigenvalue weighted by atomic mass is 16.3. The monoisotopic (exact) mass is 207 g/mol. The number of rotatable bonds is 4. The third-order valence-electron chi connectivity index (χ3n) is 1.20. The quantitative estimate of drug-likeness (QED) is 0.663. The molecule has 1 unspecified atom stereocenters. The second-order valence-corrected chi connectivity index (χ2v) is 3.80. The molecule has 0 rings (SSSR count). The van der Waals surface area contributed by atoms with Crippen molar-refractivity contribution >= 4 is 5.91 Å². The van der Waals surface area contributed by atoms with Gasteiger partial charge in [0, 0.05) is 0 Å². The first-order valence-corrected chi connectivity index (χ1v) is 4.58. The largest absolute Gasteiger partial charge is 0.387 e. The molecule has 0 saturated carbocycles. The van der Waals surface area contributed by atoms with Gasteiger partial charge in [-0.1, -0.05) is 21.3 Å². The molecule has 0 aromatic carbocycles. The van der Waals surface area contributed by atoms with Gasteiger partial charge in [-0.05, 0) is 0 Å². The van der Waals surface area contributed by atoms with Crippen molar-refractivity contribution in [2.45, 2.75) is 33.8 Å². The molecule has 14 heavy (non-hydrogen) atoms. The van der Waals surface area contributed by atoms with Gasteiger partial charge in [0.15, 0.2) is 0 Å². The summed E-state index contributed by atoms with van der Waals surface area (Å²) in [5.74, 6) is -0.453. The van der Waals surface area contributed by atoms with Crippen LogP contribution in [-0.4, -0.2) is 49.3 Å². The molecule has 0 aromatic rings. The molecule has 0 fully saturated rings.